The second-order valence-corrected chi connectivity index (χ2v) is 5.53. The fourth-order valence-electron chi connectivity index (χ4n) is 2.69. The van der Waals surface area contributed by atoms with Gasteiger partial charge in [-0.3, -0.25) is 9.59 Å². The maximum atomic E-state index is 12.9. The number of benzene rings is 1. The summed E-state index contributed by atoms with van der Waals surface area (Å²) in [4.78, 5) is 25.5. The average Bonchev–Trinajstić information content (AvgIpc) is 2.54. The van der Waals surface area contributed by atoms with Crippen molar-refractivity contribution in [2.45, 2.75) is 38.4 Å². The van der Waals surface area contributed by atoms with E-state index in [0.29, 0.717) is 32.4 Å². The zero-order valence-corrected chi connectivity index (χ0v) is 12.8. The second kappa shape index (κ2) is 7.02. The Kier molecular flexibility index (Phi) is 5.28. The number of likely N-dealkylation sites (tertiary alicyclic amines) is 1. The van der Waals surface area contributed by atoms with Gasteiger partial charge >= 0.3 is 6.18 Å². The summed E-state index contributed by atoms with van der Waals surface area (Å²) in [5, 5.41) is 2.65. The SMILES string of the molecule is CCC(=O)N1CCC(NC(=O)c2ccccc2C(F)(F)F)CC1. The molecule has 0 atom stereocenters. The minimum atomic E-state index is -4.56. The summed E-state index contributed by atoms with van der Waals surface area (Å²) in [6, 6.07) is 4.52. The molecule has 0 aliphatic carbocycles. The predicted octanol–water partition coefficient (Wildman–Crippen LogP) is 2.84. The summed E-state index contributed by atoms with van der Waals surface area (Å²) < 4.78 is 38.8. The van der Waals surface area contributed by atoms with Crippen molar-refractivity contribution in [3.63, 3.8) is 0 Å². The molecular weight excluding hydrogens is 309 g/mol. The van der Waals surface area contributed by atoms with Crippen molar-refractivity contribution in [3.05, 3.63) is 35.4 Å². The lowest BCUT2D eigenvalue weighted by atomic mass is 10.0. The number of nitrogens with zero attached hydrogens (tertiary/aromatic N) is 1. The number of amides is 2. The van der Waals surface area contributed by atoms with Gasteiger partial charge in [-0.1, -0.05) is 19.1 Å². The van der Waals surface area contributed by atoms with Crippen LogP contribution >= 0.6 is 0 Å². The molecule has 4 nitrogen and oxygen atoms in total. The van der Waals surface area contributed by atoms with E-state index >= 15 is 0 Å². The molecule has 1 fully saturated rings. The van der Waals surface area contributed by atoms with Gasteiger partial charge in [0.15, 0.2) is 0 Å². The van der Waals surface area contributed by atoms with Gasteiger partial charge in [-0.15, -0.1) is 0 Å². The molecule has 1 aliphatic heterocycles. The molecule has 23 heavy (non-hydrogen) atoms. The van der Waals surface area contributed by atoms with Gasteiger partial charge in [-0.2, -0.15) is 13.2 Å². The number of rotatable bonds is 3. The van der Waals surface area contributed by atoms with Gasteiger partial charge in [-0.05, 0) is 25.0 Å². The van der Waals surface area contributed by atoms with E-state index < -0.39 is 17.6 Å². The third kappa shape index (κ3) is 4.24. The van der Waals surface area contributed by atoms with E-state index in [4.69, 9.17) is 0 Å². The fraction of sp³-hybridized carbons (Fsp3) is 0.500. The molecular formula is C16H19F3N2O2. The van der Waals surface area contributed by atoms with Crippen LogP contribution < -0.4 is 5.32 Å². The Balaban J connectivity index is 2.00. The van der Waals surface area contributed by atoms with E-state index in [1.54, 1.807) is 11.8 Å². The first-order valence-electron chi connectivity index (χ1n) is 7.57. The molecule has 0 radical (unpaired) electrons. The minimum Gasteiger partial charge on any atom is -0.349 e. The molecule has 1 aliphatic rings. The molecule has 2 amide bonds. The molecule has 1 heterocycles. The Morgan fingerprint density at radius 3 is 2.39 bits per heavy atom. The van der Waals surface area contributed by atoms with Gasteiger partial charge < -0.3 is 10.2 Å². The summed E-state index contributed by atoms with van der Waals surface area (Å²) in [6.45, 7) is 2.81. The lowest BCUT2D eigenvalue weighted by Crippen LogP contribution is -2.46. The van der Waals surface area contributed by atoms with E-state index in [1.165, 1.54) is 18.2 Å². The molecule has 7 heteroatoms. The molecule has 2 rings (SSSR count). The lowest BCUT2D eigenvalue weighted by Gasteiger charge is -2.32. The second-order valence-electron chi connectivity index (χ2n) is 5.53. The van der Waals surface area contributed by atoms with E-state index in [-0.39, 0.29) is 17.5 Å². The molecule has 1 aromatic carbocycles. The van der Waals surface area contributed by atoms with Crippen LogP contribution in [0.4, 0.5) is 13.2 Å². The van der Waals surface area contributed by atoms with Crippen molar-refractivity contribution in [2.75, 3.05) is 13.1 Å². The first-order chi connectivity index (χ1) is 10.8. The van der Waals surface area contributed by atoms with Crippen LogP contribution in [0.25, 0.3) is 0 Å². The number of hydrogen-bond acceptors (Lipinski definition) is 2. The van der Waals surface area contributed by atoms with Crippen LogP contribution in [0.2, 0.25) is 0 Å². The standard InChI is InChI=1S/C16H19F3N2O2/c1-2-14(22)21-9-7-11(8-10-21)20-15(23)12-5-3-4-6-13(12)16(17,18)19/h3-6,11H,2,7-10H2,1H3,(H,20,23). The Morgan fingerprint density at radius 2 is 1.83 bits per heavy atom. The van der Waals surface area contributed by atoms with Gasteiger partial charge in [0, 0.05) is 25.6 Å². The summed E-state index contributed by atoms with van der Waals surface area (Å²) in [5.74, 6) is -0.671. The van der Waals surface area contributed by atoms with Crippen LogP contribution in [0.15, 0.2) is 24.3 Å². The molecule has 0 unspecified atom stereocenters. The Hall–Kier alpha value is -2.05. The molecule has 126 valence electrons. The monoisotopic (exact) mass is 328 g/mol. The number of hydrogen-bond donors (Lipinski definition) is 1. The third-order valence-corrected chi connectivity index (χ3v) is 3.96. The van der Waals surface area contributed by atoms with Crippen LogP contribution in [0.5, 0.6) is 0 Å². The van der Waals surface area contributed by atoms with Crippen LogP contribution in [-0.4, -0.2) is 35.8 Å². The highest BCUT2D eigenvalue weighted by molar-refractivity contribution is 5.96. The number of piperidine rings is 1. The Morgan fingerprint density at radius 1 is 1.22 bits per heavy atom. The van der Waals surface area contributed by atoms with Crippen molar-refractivity contribution >= 4 is 11.8 Å². The fourth-order valence-corrected chi connectivity index (χ4v) is 2.69. The van der Waals surface area contributed by atoms with Crippen molar-refractivity contribution < 1.29 is 22.8 Å². The first kappa shape index (κ1) is 17.3. The molecule has 1 aromatic rings. The third-order valence-electron chi connectivity index (χ3n) is 3.96. The van der Waals surface area contributed by atoms with E-state index in [9.17, 15) is 22.8 Å². The Bertz CT molecular complexity index is 579. The molecule has 1 saturated heterocycles. The number of halogens is 3. The largest absolute Gasteiger partial charge is 0.417 e. The number of nitrogens with one attached hydrogen (secondary N) is 1. The van der Waals surface area contributed by atoms with Crippen molar-refractivity contribution in [2.24, 2.45) is 0 Å². The summed E-state index contributed by atoms with van der Waals surface area (Å²) in [5.41, 5.74) is -1.30. The van der Waals surface area contributed by atoms with Gasteiger partial charge in [0.25, 0.3) is 5.91 Å². The van der Waals surface area contributed by atoms with Crippen LogP contribution in [0, 0.1) is 0 Å². The van der Waals surface area contributed by atoms with Crippen molar-refractivity contribution in [1.29, 1.82) is 0 Å². The van der Waals surface area contributed by atoms with E-state index in [0.717, 1.165) is 6.07 Å². The normalized spacial score (nSPS) is 16.3. The maximum absolute atomic E-state index is 12.9. The van der Waals surface area contributed by atoms with Crippen molar-refractivity contribution in [1.82, 2.24) is 10.2 Å². The predicted molar refractivity (Wildman–Crippen MR) is 78.8 cm³/mol. The number of carbonyl (C=O) groups is 2. The highest BCUT2D eigenvalue weighted by Gasteiger charge is 2.35. The lowest BCUT2D eigenvalue weighted by molar-refractivity contribution is -0.138. The molecule has 1 N–H and O–H groups in total. The zero-order valence-electron chi connectivity index (χ0n) is 12.8. The number of alkyl halides is 3. The van der Waals surface area contributed by atoms with Gasteiger partial charge in [0.05, 0.1) is 11.1 Å². The van der Waals surface area contributed by atoms with Gasteiger partial charge in [-0.25, -0.2) is 0 Å². The van der Waals surface area contributed by atoms with E-state index in [1.807, 2.05) is 0 Å². The average molecular weight is 328 g/mol. The molecule has 0 spiro atoms. The molecule has 0 bridgehead atoms. The summed E-state index contributed by atoms with van der Waals surface area (Å²) in [7, 11) is 0. The van der Waals surface area contributed by atoms with Gasteiger partial charge in [0.1, 0.15) is 0 Å². The maximum Gasteiger partial charge on any atom is 0.417 e. The van der Waals surface area contributed by atoms with E-state index in [2.05, 4.69) is 5.32 Å². The quantitative estimate of drug-likeness (QED) is 0.927. The smallest absolute Gasteiger partial charge is 0.349 e. The topological polar surface area (TPSA) is 49.4 Å². The summed E-state index contributed by atoms with van der Waals surface area (Å²) in [6.07, 6.45) is -3.04. The number of carbonyl (C=O) groups excluding carboxylic acids is 2. The molecule has 0 aromatic heterocycles. The minimum absolute atomic E-state index is 0.0530. The van der Waals surface area contributed by atoms with Crippen LogP contribution in [0.3, 0.4) is 0 Å². The highest BCUT2D eigenvalue weighted by atomic mass is 19.4. The van der Waals surface area contributed by atoms with Crippen molar-refractivity contribution in [3.8, 4) is 0 Å². The van der Waals surface area contributed by atoms with Gasteiger partial charge in [0.2, 0.25) is 5.91 Å². The highest BCUT2D eigenvalue weighted by Crippen LogP contribution is 2.31. The first-order valence-corrected chi connectivity index (χ1v) is 7.57. The zero-order chi connectivity index (χ0) is 17.0. The Labute approximate surface area is 132 Å². The van der Waals surface area contributed by atoms with Crippen LogP contribution in [-0.2, 0) is 11.0 Å². The molecule has 0 saturated carbocycles. The van der Waals surface area contributed by atoms with Crippen LogP contribution in [0.1, 0.15) is 42.1 Å². The summed E-state index contributed by atoms with van der Waals surface area (Å²) >= 11 is 0.